The van der Waals surface area contributed by atoms with Gasteiger partial charge in [0.1, 0.15) is 48.0 Å². The van der Waals surface area contributed by atoms with E-state index in [4.69, 9.17) is 34.8 Å². The van der Waals surface area contributed by atoms with Gasteiger partial charge in [-0.2, -0.15) is 0 Å². The molecule has 3 aromatic carbocycles. The van der Waals surface area contributed by atoms with Crippen LogP contribution < -0.4 is 9.47 Å². The largest absolute Gasteiger partial charge is 0.497 e. The standard InChI is InChI=1S/C39H47N6O5P/c1-28(2)45(29(3)4)51(49-23-22-40-6)50-25-30(5)44-37(43-36-24-41-27-42-38(36)44)26-48-39(31-12-10-9-11-13-31,32-14-18-34(46-7)19-15-32)33-16-20-35(47-8)21-17-33/h9-21,24,27-30H,22-23,25-26H2,1-5,7-8H3/t30-,51?/m0/s1. The van der Waals surface area contributed by atoms with E-state index < -0.39 is 14.1 Å². The molecule has 0 aliphatic carbocycles. The van der Waals surface area contributed by atoms with Gasteiger partial charge >= 0.3 is 0 Å². The van der Waals surface area contributed by atoms with Crippen LogP contribution in [0, 0.1) is 6.57 Å². The molecule has 0 amide bonds. The fourth-order valence-electron chi connectivity index (χ4n) is 6.26. The number of fused-ring (bicyclic) bond motifs is 1. The van der Waals surface area contributed by atoms with Crippen LogP contribution in [0.3, 0.4) is 0 Å². The van der Waals surface area contributed by atoms with Crippen molar-refractivity contribution in [2.75, 3.05) is 34.0 Å². The van der Waals surface area contributed by atoms with Crippen LogP contribution in [-0.2, 0) is 26.0 Å². The van der Waals surface area contributed by atoms with Crippen LogP contribution in [0.2, 0.25) is 0 Å². The topological polar surface area (TPSA) is 97.4 Å². The van der Waals surface area contributed by atoms with Gasteiger partial charge in [0.15, 0.2) is 5.65 Å². The van der Waals surface area contributed by atoms with Gasteiger partial charge in [-0.15, -0.1) is 0 Å². The maximum absolute atomic E-state index is 7.23. The number of ether oxygens (including phenoxy) is 3. The smallest absolute Gasteiger partial charge is 0.259 e. The van der Waals surface area contributed by atoms with Gasteiger partial charge in [-0.3, -0.25) is 0 Å². The summed E-state index contributed by atoms with van der Waals surface area (Å²) in [6.45, 7) is 18.8. The molecule has 5 rings (SSSR count). The molecule has 1 unspecified atom stereocenters. The Morgan fingerprint density at radius 3 is 1.96 bits per heavy atom. The quantitative estimate of drug-likeness (QED) is 0.0386. The van der Waals surface area contributed by atoms with Crippen LogP contribution >= 0.6 is 8.53 Å². The highest BCUT2D eigenvalue weighted by molar-refractivity contribution is 7.44. The van der Waals surface area contributed by atoms with Crippen molar-refractivity contribution in [2.24, 2.45) is 0 Å². The molecular formula is C39H47N6O5P. The van der Waals surface area contributed by atoms with Gasteiger partial charge in [0, 0.05) is 12.1 Å². The maximum atomic E-state index is 7.23. The van der Waals surface area contributed by atoms with E-state index in [0.29, 0.717) is 30.2 Å². The minimum atomic E-state index is -1.43. The lowest BCUT2D eigenvalue weighted by molar-refractivity contribution is -0.00509. The molecule has 11 nitrogen and oxygen atoms in total. The van der Waals surface area contributed by atoms with Crippen molar-refractivity contribution in [3.05, 3.63) is 125 Å². The van der Waals surface area contributed by atoms with E-state index in [9.17, 15) is 0 Å². The van der Waals surface area contributed by atoms with Gasteiger partial charge < -0.3 is 32.7 Å². The fourth-order valence-corrected chi connectivity index (χ4v) is 7.94. The highest BCUT2D eigenvalue weighted by atomic mass is 31.2. The summed E-state index contributed by atoms with van der Waals surface area (Å²) in [7, 11) is 1.88. The Morgan fingerprint density at radius 1 is 0.824 bits per heavy atom. The van der Waals surface area contributed by atoms with Crippen LogP contribution in [0.4, 0.5) is 0 Å². The maximum Gasteiger partial charge on any atom is 0.259 e. The number of methoxy groups -OCH3 is 2. The summed E-state index contributed by atoms with van der Waals surface area (Å²) < 4.78 is 35.3. The number of hydrogen-bond acceptors (Lipinski definition) is 9. The SMILES string of the molecule is [C-]#[N+]CCOP(OC[C@H](C)n1c(COC(c2ccccc2)(c2ccc(OC)cc2)c2ccc(OC)cc2)nc2cncnc21)N(C(C)C)C(C)C. The van der Waals surface area contributed by atoms with Crippen molar-refractivity contribution in [3.8, 4) is 11.5 Å². The van der Waals surface area contributed by atoms with E-state index in [1.165, 1.54) is 6.33 Å². The molecule has 2 heterocycles. The van der Waals surface area contributed by atoms with Gasteiger partial charge in [0.25, 0.3) is 8.53 Å². The molecule has 51 heavy (non-hydrogen) atoms. The Hall–Kier alpha value is -4.43. The number of hydrogen-bond donors (Lipinski definition) is 0. The Morgan fingerprint density at radius 2 is 1.41 bits per heavy atom. The second-order valence-corrected chi connectivity index (χ2v) is 14.0. The van der Waals surface area contributed by atoms with Crippen LogP contribution in [0.15, 0.2) is 91.4 Å². The zero-order chi connectivity index (χ0) is 36.4. The Labute approximate surface area is 302 Å². The van der Waals surface area contributed by atoms with E-state index >= 15 is 0 Å². The second-order valence-electron chi connectivity index (χ2n) is 12.6. The summed E-state index contributed by atoms with van der Waals surface area (Å²) in [5, 5.41) is 0. The molecular weight excluding hydrogens is 663 g/mol. The molecule has 0 radical (unpaired) electrons. The number of rotatable bonds is 18. The van der Waals surface area contributed by atoms with E-state index in [1.54, 1.807) is 20.4 Å². The lowest BCUT2D eigenvalue weighted by Gasteiger charge is -2.36. The molecule has 0 aliphatic heterocycles. The lowest BCUT2D eigenvalue weighted by atomic mass is 9.80. The minimum absolute atomic E-state index is 0.133. The van der Waals surface area contributed by atoms with Crippen molar-refractivity contribution in [3.63, 3.8) is 0 Å². The van der Waals surface area contributed by atoms with Gasteiger partial charge in [-0.1, -0.05) is 54.6 Å². The number of benzene rings is 3. The zero-order valence-corrected chi connectivity index (χ0v) is 31.3. The number of aromatic nitrogens is 4. The van der Waals surface area contributed by atoms with Gasteiger partial charge in [0.2, 0.25) is 6.54 Å². The average Bonchev–Trinajstić information content (AvgIpc) is 3.53. The first kappa shape index (κ1) is 37.8. The number of imidazole rings is 1. The molecule has 0 saturated carbocycles. The summed E-state index contributed by atoms with van der Waals surface area (Å²) in [4.78, 5) is 17.4. The molecule has 0 fully saturated rings. The summed E-state index contributed by atoms with van der Waals surface area (Å²) >= 11 is 0. The Balaban J connectivity index is 1.55. The third kappa shape index (κ3) is 8.55. The third-order valence-electron chi connectivity index (χ3n) is 8.54. The van der Waals surface area contributed by atoms with Gasteiger partial charge in [0.05, 0.1) is 33.1 Å². The van der Waals surface area contributed by atoms with Crippen molar-refractivity contribution in [2.45, 2.75) is 65.0 Å². The van der Waals surface area contributed by atoms with Crippen molar-refractivity contribution in [1.29, 1.82) is 0 Å². The molecule has 0 N–H and O–H groups in total. The highest BCUT2D eigenvalue weighted by Gasteiger charge is 2.39. The van der Waals surface area contributed by atoms with Gasteiger partial charge in [-0.25, -0.2) is 26.2 Å². The van der Waals surface area contributed by atoms with E-state index in [-0.39, 0.29) is 31.3 Å². The molecule has 0 saturated heterocycles. The van der Waals surface area contributed by atoms with Crippen molar-refractivity contribution in [1.82, 2.24) is 24.2 Å². The van der Waals surface area contributed by atoms with E-state index in [0.717, 1.165) is 28.2 Å². The predicted molar refractivity (Wildman–Crippen MR) is 200 cm³/mol. The fraction of sp³-hybridized carbons (Fsp3) is 0.385. The molecule has 0 aliphatic rings. The lowest BCUT2D eigenvalue weighted by Crippen LogP contribution is -2.34. The third-order valence-corrected chi connectivity index (χ3v) is 10.6. The monoisotopic (exact) mass is 710 g/mol. The molecule has 2 aromatic heterocycles. The molecule has 0 bridgehead atoms. The summed E-state index contributed by atoms with van der Waals surface area (Å²) in [6.07, 6.45) is 3.24. The molecule has 12 heteroatoms. The zero-order valence-electron chi connectivity index (χ0n) is 30.4. The highest BCUT2D eigenvalue weighted by Crippen LogP contribution is 2.47. The molecule has 5 aromatic rings. The number of nitrogens with zero attached hydrogens (tertiary/aromatic N) is 6. The minimum Gasteiger partial charge on any atom is -0.497 e. The summed E-state index contributed by atoms with van der Waals surface area (Å²) in [6, 6.07) is 26.3. The van der Waals surface area contributed by atoms with E-state index in [2.05, 4.69) is 70.8 Å². The normalized spacial score (nSPS) is 13.1. The van der Waals surface area contributed by atoms with Crippen LogP contribution in [0.5, 0.6) is 11.5 Å². The summed E-state index contributed by atoms with van der Waals surface area (Å²) in [5.41, 5.74) is 3.09. The Bertz CT molecular complexity index is 1810. The molecule has 268 valence electrons. The first-order valence-electron chi connectivity index (χ1n) is 17.1. The van der Waals surface area contributed by atoms with Crippen LogP contribution in [0.25, 0.3) is 16.0 Å². The second kappa shape index (κ2) is 17.7. The summed E-state index contributed by atoms with van der Waals surface area (Å²) in [5.74, 6) is 2.17. The molecule has 2 atom stereocenters. The molecule has 0 spiro atoms. The van der Waals surface area contributed by atoms with E-state index in [1.807, 2.05) is 66.7 Å². The average molecular weight is 711 g/mol. The van der Waals surface area contributed by atoms with Crippen molar-refractivity contribution >= 4 is 19.7 Å². The first-order valence-corrected chi connectivity index (χ1v) is 18.2. The Kier molecular flexibility index (Phi) is 13.1. The van der Waals surface area contributed by atoms with Gasteiger partial charge in [-0.05, 0) is 75.6 Å². The van der Waals surface area contributed by atoms with Crippen LogP contribution in [-0.4, -0.2) is 70.3 Å². The van der Waals surface area contributed by atoms with Crippen LogP contribution in [0.1, 0.15) is 63.2 Å². The first-order chi connectivity index (χ1) is 24.7. The van der Waals surface area contributed by atoms with Crippen molar-refractivity contribution < 1.29 is 23.3 Å². The predicted octanol–water partition coefficient (Wildman–Crippen LogP) is 8.21.